The van der Waals surface area contributed by atoms with E-state index in [1.165, 1.54) is 54.7 Å². The Morgan fingerprint density at radius 3 is 0.863 bits per heavy atom. The minimum atomic E-state index is -1.14. The molecule has 0 spiro atoms. The SMILES string of the molecule is C=CC(=O)Cc1ccc(-c2cnc3[nH]cc(Cl)c3c2)cc1F.C=CC(=O)Cc1ccc(-c2cnc3[nH]ccc3c2)cc1F.C=CC(=O)Nc1cc(-c2cnc3[nH]cc(Cl)c3c2)cc(F)c1F.C=CC(=O)Nc1cc(-c2cnc3[nH]cc(Cl)c3c2)ccc1F.C=CC(=O)Nc1cc(-c2cnc3[nH]ccc3c2)cc(F)c1F.C=CC(=O)Nc1cc(-c2cnc3[nH]ccc3c2)ccc1F. The van der Waals surface area contributed by atoms with Gasteiger partial charge in [-0.1, -0.05) is 111 Å². The van der Waals surface area contributed by atoms with Crippen molar-refractivity contribution in [3.63, 3.8) is 0 Å². The minimum absolute atomic E-state index is 0.0105. The molecule has 0 fully saturated rings. The standard InChI is InChI=1S/C17H12ClFN2O.C17H13FN2O.C16H10ClF2N3O.C16H11ClFN3O.C16H11F2N3O.C16H12FN3O/c1-2-13(22)5-11-4-3-10(7-16(11)19)12-6-14-15(18)9-21-17(14)20-8-12;1-2-15(21)8-12-4-3-11(9-16(12)18)14-7-13-5-6-19-17(13)20-10-14;1-2-14(23)22-13-5-8(4-12(18)15(13)19)9-3-10-11(17)7-21-16(10)20-6-9;1-2-15(22)21-14-6-9(3-4-13(14)18)10-5-11-12(17)8-20-16(11)19-7-10;1-2-14(22)21-13-7-10(6-12(17)15(13)18)11-5-9-3-4-19-16(9)20-8-11;1-2-15(21)20-14-8-10(3-4-13(14)17)12-7-11-5-6-18-16(11)19-9-12/h2-4,6-9H,1,5H2,(H,20,21);2-7,9-10H,1,8H2,(H,19,20);2-7H,1H2,(H,20,21)(H,22,23);2*2-8H,1H2,(H,19,20)(H,21,22);2-9H,1H2,(H,18,19)(H,20,21). The normalized spacial score (nSPS) is 10.7. The van der Waals surface area contributed by atoms with E-state index in [9.17, 15) is 63.9 Å². The fraction of sp³-hybridized carbons (Fsp3) is 0.0204. The average molecular weight is 1830 g/mol. The number of fused-ring (bicyclic) bond motifs is 6. The smallest absolute Gasteiger partial charge is 0.247 e. The summed E-state index contributed by atoms with van der Waals surface area (Å²) in [6.07, 6.45) is 26.6. The van der Waals surface area contributed by atoms with Gasteiger partial charge in [0, 0.05) is 153 Å². The van der Waals surface area contributed by atoms with E-state index in [1.807, 2.05) is 54.9 Å². The second kappa shape index (κ2) is 41.7. The molecule has 0 bridgehead atoms. The van der Waals surface area contributed by atoms with Gasteiger partial charge in [0.1, 0.15) is 57.2 Å². The number of H-pyrrole nitrogens is 6. The Labute approximate surface area is 753 Å². The summed E-state index contributed by atoms with van der Waals surface area (Å²) in [6.45, 7) is 20.0. The van der Waals surface area contributed by atoms with Crippen LogP contribution in [0.4, 0.5) is 57.9 Å². The second-order valence-electron chi connectivity index (χ2n) is 28.3. The highest BCUT2D eigenvalue weighted by Crippen LogP contribution is 2.37. The zero-order chi connectivity index (χ0) is 93.3. The van der Waals surface area contributed by atoms with Crippen LogP contribution in [0.25, 0.3) is 133 Å². The van der Waals surface area contributed by atoms with Crippen LogP contribution < -0.4 is 21.3 Å². The number of aromatic nitrogens is 12. The van der Waals surface area contributed by atoms with Gasteiger partial charge in [-0.2, -0.15) is 0 Å². The Bertz CT molecular complexity index is 7550. The van der Waals surface area contributed by atoms with Crippen molar-refractivity contribution in [1.29, 1.82) is 0 Å². The number of allylic oxidation sites excluding steroid dienone is 2. The third kappa shape index (κ3) is 22.5. The lowest BCUT2D eigenvalue weighted by Gasteiger charge is -2.09. The average Bonchev–Trinajstić information content (AvgIpc) is 1.69. The molecule has 0 saturated carbocycles. The fourth-order valence-corrected chi connectivity index (χ4v) is 13.6. The van der Waals surface area contributed by atoms with Gasteiger partial charge in [0.2, 0.25) is 23.6 Å². The molecule has 33 heteroatoms. The number of carbonyl (C=O) groups excluding carboxylic acids is 6. The molecule has 0 unspecified atom stereocenters. The Balaban J connectivity index is 0.000000134. The molecule has 0 saturated heterocycles. The molecule has 6 aromatic carbocycles. The number of nitrogens with one attached hydrogen (secondary N) is 10. The summed E-state index contributed by atoms with van der Waals surface area (Å²) in [5.41, 5.74) is 12.7. The highest BCUT2D eigenvalue weighted by Gasteiger charge is 2.20. The predicted molar refractivity (Wildman–Crippen MR) is 497 cm³/mol. The number of anilines is 4. The maximum absolute atomic E-state index is 14.1. The highest BCUT2D eigenvalue weighted by molar-refractivity contribution is 6.36. The number of halogens is 11. The van der Waals surface area contributed by atoms with E-state index in [0.717, 1.165) is 108 Å². The van der Waals surface area contributed by atoms with E-state index in [1.54, 1.807) is 116 Å². The van der Waals surface area contributed by atoms with Crippen LogP contribution in [0.2, 0.25) is 15.1 Å². The van der Waals surface area contributed by atoms with E-state index < -0.39 is 70.2 Å². The van der Waals surface area contributed by atoms with Crippen LogP contribution in [0.5, 0.6) is 0 Å². The molecule has 0 aliphatic carbocycles. The number of ketones is 2. The lowest BCUT2D eigenvalue weighted by atomic mass is 10.0. The molecule has 654 valence electrons. The summed E-state index contributed by atoms with van der Waals surface area (Å²) in [5, 5.41) is 15.9. The van der Waals surface area contributed by atoms with Gasteiger partial charge in [-0.05, 0) is 196 Å². The molecule has 18 aromatic rings. The fourth-order valence-electron chi connectivity index (χ4n) is 13.0. The van der Waals surface area contributed by atoms with Crippen LogP contribution >= 0.6 is 34.8 Å². The summed E-state index contributed by atoms with van der Waals surface area (Å²) in [5.74, 6) is -8.81. The van der Waals surface area contributed by atoms with Crippen molar-refractivity contribution in [2.24, 2.45) is 0 Å². The first kappa shape index (κ1) is 92.1. The Hall–Kier alpha value is -16.6. The summed E-state index contributed by atoms with van der Waals surface area (Å²) < 4.78 is 111. The van der Waals surface area contributed by atoms with Gasteiger partial charge in [0.25, 0.3) is 0 Å². The van der Waals surface area contributed by atoms with Crippen molar-refractivity contribution in [2.45, 2.75) is 12.8 Å². The first-order valence-corrected chi connectivity index (χ1v) is 40.1. The van der Waals surface area contributed by atoms with E-state index in [2.05, 4.69) is 121 Å². The van der Waals surface area contributed by atoms with Gasteiger partial charge in [-0.15, -0.1) is 0 Å². The third-order valence-corrected chi connectivity index (χ3v) is 20.6. The molecular weight excluding hydrogens is 1760 g/mol. The molecule has 12 heterocycles. The number of hydrogen-bond acceptors (Lipinski definition) is 12. The first-order chi connectivity index (χ1) is 63.1. The number of hydrogen-bond donors (Lipinski definition) is 10. The number of carbonyl (C=O) groups is 6. The molecule has 0 atom stereocenters. The zero-order valence-electron chi connectivity index (χ0n) is 68.3. The Kier molecular flexibility index (Phi) is 29.3. The number of amides is 4. The van der Waals surface area contributed by atoms with Gasteiger partial charge < -0.3 is 51.2 Å². The maximum Gasteiger partial charge on any atom is 0.247 e. The monoisotopic (exact) mass is 1820 g/mol. The van der Waals surface area contributed by atoms with Crippen molar-refractivity contribution < 1.29 is 63.9 Å². The van der Waals surface area contributed by atoms with Crippen LogP contribution in [0.15, 0.2) is 302 Å². The molecule has 4 amide bonds. The van der Waals surface area contributed by atoms with E-state index >= 15 is 0 Å². The van der Waals surface area contributed by atoms with Gasteiger partial charge >= 0.3 is 0 Å². The van der Waals surface area contributed by atoms with E-state index in [0.29, 0.717) is 87.6 Å². The molecule has 0 aliphatic rings. The molecule has 22 nitrogen and oxygen atoms in total. The minimum Gasteiger partial charge on any atom is -0.346 e. The highest BCUT2D eigenvalue weighted by atomic mass is 35.5. The summed E-state index contributed by atoms with van der Waals surface area (Å²) in [7, 11) is 0. The zero-order valence-corrected chi connectivity index (χ0v) is 70.5. The van der Waals surface area contributed by atoms with Gasteiger partial charge in [-0.3, -0.25) is 28.8 Å². The lowest BCUT2D eigenvalue weighted by molar-refractivity contribution is -0.114. The van der Waals surface area contributed by atoms with Crippen molar-refractivity contribution in [1.82, 2.24) is 59.8 Å². The summed E-state index contributed by atoms with van der Waals surface area (Å²) in [4.78, 5) is 111. The summed E-state index contributed by atoms with van der Waals surface area (Å²) in [6, 6.07) is 40.1. The second-order valence-corrected chi connectivity index (χ2v) is 29.5. The maximum atomic E-state index is 14.1. The first-order valence-electron chi connectivity index (χ1n) is 39.0. The number of benzene rings is 6. The number of pyridine rings is 6. The topological polar surface area (TPSA) is 323 Å². The third-order valence-electron chi connectivity index (χ3n) is 19.7. The van der Waals surface area contributed by atoms with Crippen molar-refractivity contribution >= 4 is 159 Å². The Morgan fingerprint density at radius 2 is 0.550 bits per heavy atom. The summed E-state index contributed by atoms with van der Waals surface area (Å²) >= 11 is 18.2. The molecule has 12 aromatic heterocycles. The molecule has 18 rings (SSSR count). The van der Waals surface area contributed by atoms with Gasteiger partial charge in [0.15, 0.2) is 34.8 Å². The molecule has 10 N–H and O–H groups in total. The molecule has 131 heavy (non-hydrogen) atoms. The van der Waals surface area contributed by atoms with E-state index in [4.69, 9.17) is 34.8 Å². The predicted octanol–water partition coefficient (Wildman–Crippen LogP) is 23.5. The van der Waals surface area contributed by atoms with Crippen molar-refractivity contribution in [2.75, 3.05) is 21.3 Å². The van der Waals surface area contributed by atoms with E-state index in [-0.39, 0.29) is 47.2 Å². The van der Waals surface area contributed by atoms with Crippen LogP contribution in [0.3, 0.4) is 0 Å². The van der Waals surface area contributed by atoms with Crippen LogP contribution in [0.1, 0.15) is 11.1 Å². The largest absolute Gasteiger partial charge is 0.346 e. The Morgan fingerprint density at radius 1 is 0.282 bits per heavy atom. The quantitative estimate of drug-likeness (QED) is 0.0252. The van der Waals surface area contributed by atoms with Crippen molar-refractivity contribution in [3.05, 3.63) is 375 Å². The van der Waals surface area contributed by atoms with Crippen LogP contribution in [-0.2, 0) is 41.6 Å². The van der Waals surface area contributed by atoms with Gasteiger partial charge in [0.05, 0.1) is 37.8 Å². The lowest BCUT2D eigenvalue weighted by Crippen LogP contribution is -2.10. The van der Waals surface area contributed by atoms with Crippen LogP contribution in [-0.4, -0.2) is 95.0 Å². The van der Waals surface area contributed by atoms with Crippen molar-refractivity contribution in [3.8, 4) is 66.8 Å². The number of aromatic amines is 6. The number of rotatable bonds is 20. The van der Waals surface area contributed by atoms with Gasteiger partial charge in [-0.25, -0.2) is 65.0 Å². The number of nitrogens with zero attached hydrogens (tertiary/aromatic N) is 6. The molecule has 0 radical (unpaired) electrons. The molecule has 0 aliphatic heterocycles. The molecular formula is C98H69Cl3F8N16O6. The van der Waals surface area contributed by atoms with Crippen LogP contribution in [0, 0.1) is 46.5 Å².